The van der Waals surface area contributed by atoms with Gasteiger partial charge in [-0.25, -0.2) is 9.59 Å². The van der Waals surface area contributed by atoms with Gasteiger partial charge in [-0.05, 0) is 113 Å². The summed E-state index contributed by atoms with van der Waals surface area (Å²) < 4.78 is 10.5. The summed E-state index contributed by atoms with van der Waals surface area (Å²) in [6.07, 6.45) is 0.0756. The second-order valence-corrected chi connectivity index (χ2v) is 26.4. The average Bonchev–Trinajstić information content (AvgIpc) is 1.64. The van der Waals surface area contributed by atoms with Gasteiger partial charge < -0.3 is 78.0 Å². The fraction of sp³-hybridized carbons (Fsp3) is 0.309. The lowest BCUT2D eigenvalue weighted by molar-refractivity contribution is -0.142. The van der Waals surface area contributed by atoms with Gasteiger partial charge in [0.25, 0.3) is 0 Å². The molecule has 0 fully saturated rings. The number of aromatic amines is 1. The molecule has 27 nitrogen and oxygen atoms in total. The molecule has 7 aromatic carbocycles. The fourth-order valence-electron chi connectivity index (χ4n) is 12.0. The van der Waals surface area contributed by atoms with Crippen molar-refractivity contribution in [2.45, 2.75) is 134 Å². The number of ketones is 1. The van der Waals surface area contributed by atoms with Crippen LogP contribution in [0.5, 0.6) is 11.5 Å². The van der Waals surface area contributed by atoms with Crippen molar-refractivity contribution in [3.8, 4) is 33.8 Å². The maximum atomic E-state index is 15.3. The highest BCUT2D eigenvalue weighted by atomic mass is 16.5. The molecular formula is C81H90N10O17. The molecular weight excluding hydrogens is 1380 g/mol. The number of ether oxygens (including phenoxy) is 2. The molecule has 0 aliphatic carbocycles. The first kappa shape index (κ1) is 81.2. The van der Waals surface area contributed by atoms with Crippen LogP contribution in [0.1, 0.15) is 81.2 Å². The maximum Gasteiger partial charge on any atom is 0.341 e. The Balaban J connectivity index is 1.09. The number of carboxylic acid groups (broad SMARTS) is 3. The third kappa shape index (κ3) is 24.8. The van der Waals surface area contributed by atoms with Crippen LogP contribution in [-0.4, -0.2) is 159 Å². The minimum atomic E-state index is -1.99. The van der Waals surface area contributed by atoms with Crippen molar-refractivity contribution in [3.05, 3.63) is 216 Å². The van der Waals surface area contributed by atoms with E-state index in [-0.39, 0.29) is 68.8 Å². The van der Waals surface area contributed by atoms with Crippen LogP contribution >= 0.6 is 0 Å². The zero-order valence-corrected chi connectivity index (χ0v) is 60.2. The summed E-state index contributed by atoms with van der Waals surface area (Å²) in [5.41, 5.74) is 12.6. The number of Topliss-reactive ketones (excluding diaryl/α,β-unsaturated/α-hetero) is 1. The van der Waals surface area contributed by atoms with Gasteiger partial charge in [-0.3, -0.25) is 47.9 Å². The van der Waals surface area contributed by atoms with Crippen molar-refractivity contribution in [1.82, 2.24) is 47.5 Å². The molecule has 8 atom stereocenters. The van der Waals surface area contributed by atoms with E-state index in [1.165, 1.54) is 55.5 Å². The molecule has 0 aliphatic rings. The molecule has 108 heavy (non-hydrogen) atoms. The van der Waals surface area contributed by atoms with Gasteiger partial charge in [0.1, 0.15) is 53.8 Å². The van der Waals surface area contributed by atoms with Crippen LogP contribution in [-0.2, 0) is 89.6 Å². The van der Waals surface area contributed by atoms with E-state index in [0.29, 0.717) is 45.1 Å². The second kappa shape index (κ2) is 40.1. The lowest BCUT2D eigenvalue weighted by Gasteiger charge is -2.29. The number of amides is 8. The molecule has 8 rings (SSSR count). The minimum absolute atomic E-state index is 0.0542. The molecule has 0 saturated carbocycles. The molecule has 14 N–H and O–H groups in total. The molecule has 0 radical (unpaired) electrons. The highest BCUT2D eigenvalue weighted by molar-refractivity contribution is 6.00. The van der Waals surface area contributed by atoms with Gasteiger partial charge in [0.15, 0.2) is 19.0 Å². The largest absolute Gasteiger partial charge is 0.482 e. The van der Waals surface area contributed by atoms with E-state index in [1.54, 1.807) is 63.4 Å². The first-order valence-electron chi connectivity index (χ1n) is 35.4. The SMILES string of the molecule is CCC(=O)N[C@@H](Cc1ccc(OCC(=O)O)cc1)C(=O)N[C@@H](Cc1ccc(OCC(=O)O)cc1)C(=O)N[C@@H](CC(=O)O)C(=O)N[C@@H](Cc1c[nH]c2ccccc12)C(=O)N[C@H](C(=O)N[C@@H](Cc1ccc(-c2ccccc2)cc1)C(=O)N[C@@H](Cc1ccc(-c2ccccc2)cc1)C(=O)N[C@@H](CCCN)C(C)=O)C(C)C. The van der Waals surface area contributed by atoms with E-state index in [1.807, 2.05) is 97.1 Å². The lowest BCUT2D eigenvalue weighted by atomic mass is 9.97. The number of aliphatic carboxylic acids is 3. The Morgan fingerprint density at radius 3 is 1.18 bits per heavy atom. The summed E-state index contributed by atoms with van der Waals surface area (Å²) in [5, 5.41) is 51.0. The van der Waals surface area contributed by atoms with Crippen molar-refractivity contribution < 1.29 is 82.3 Å². The van der Waals surface area contributed by atoms with Gasteiger partial charge in [-0.2, -0.15) is 0 Å². The van der Waals surface area contributed by atoms with E-state index in [4.69, 9.17) is 20.3 Å². The second-order valence-electron chi connectivity index (χ2n) is 26.4. The molecule has 0 spiro atoms. The highest BCUT2D eigenvalue weighted by Gasteiger charge is 2.37. The number of H-pyrrole nitrogens is 1. The van der Waals surface area contributed by atoms with Crippen LogP contribution in [0.3, 0.4) is 0 Å². The Hall–Kier alpha value is -12.5. The third-order valence-electron chi connectivity index (χ3n) is 17.8. The first-order chi connectivity index (χ1) is 51.8. The summed E-state index contributed by atoms with van der Waals surface area (Å²) in [5.74, 6) is -11.9. The first-order valence-corrected chi connectivity index (χ1v) is 35.4. The van der Waals surface area contributed by atoms with Crippen LogP contribution in [0.2, 0.25) is 0 Å². The molecule has 566 valence electrons. The van der Waals surface area contributed by atoms with E-state index in [9.17, 15) is 53.4 Å². The zero-order chi connectivity index (χ0) is 77.8. The molecule has 1 aromatic heterocycles. The molecule has 0 aliphatic heterocycles. The van der Waals surface area contributed by atoms with Crippen LogP contribution < -0.4 is 57.7 Å². The standard InChI is InChI=1S/C81H90N10O17/c1-5-70(93)84-64(39-52-26-34-59(35-27-52)107-46-72(96)97)75(100)86-66(42-53-28-36-60(37-29-53)108-47-73(98)99)77(102)89-69(44-71(94)95)79(104)88-68(43-58-45-83-63-20-13-12-19-61(58)63)80(105)91-74(48(2)3)81(106)90-67(41-51-24-32-57(33-25-51)55-17-10-7-11-18-55)78(103)87-65(76(101)85-62(49(4)92)21-14-38-82)40-50-22-30-56(31-23-50)54-15-8-6-9-16-54/h6-13,15-20,22-37,45,48,62,64-69,74,83H,5,14,21,38-44,46-47,82H2,1-4H3,(H,84,93)(H,85,101)(H,86,100)(H,87,103)(H,88,104)(H,89,102)(H,90,106)(H,91,105)(H,94,95)(H,96,97)(H,98,99)/t62-,64-,65-,66-,67-,68-,69-,74-/m0/s1. The monoisotopic (exact) mass is 1470 g/mol. The van der Waals surface area contributed by atoms with E-state index < -0.39 is 139 Å². The molecule has 0 unspecified atom stereocenters. The number of para-hydroxylation sites is 1. The zero-order valence-electron chi connectivity index (χ0n) is 60.2. The Bertz CT molecular complexity index is 4420. The number of hydrogen-bond donors (Lipinski definition) is 13. The predicted octanol–water partition coefficient (Wildman–Crippen LogP) is 5.69. The minimum Gasteiger partial charge on any atom is -0.482 e. The molecule has 27 heteroatoms. The van der Waals surface area contributed by atoms with E-state index >= 15 is 14.4 Å². The van der Waals surface area contributed by atoms with Crippen LogP contribution in [0.25, 0.3) is 33.2 Å². The summed E-state index contributed by atoms with van der Waals surface area (Å²) in [6, 6.07) is 40.8. The Kier molecular flexibility index (Phi) is 30.1. The molecule has 8 amide bonds. The average molecular weight is 1480 g/mol. The normalized spacial score (nSPS) is 13.3. The van der Waals surface area contributed by atoms with Gasteiger partial charge in [0.2, 0.25) is 47.3 Å². The van der Waals surface area contributed by atoms with Crippen molar-refractivity contribution in [2.75, 3.05) is 19.8 Å². The highest BCUT2D eigenvalue weighted by Crippen LogP contribution is 2.25. The lowest BCUT2D eigenvalue weighted by Crippen LogP contribution is -2.62. The van der Waals surface area contributed by atoms with Gasteiger partial charge in [-0.15, -0.1) is 0 Å². The molecule has 0 saturated heterocycles. The molecule has 1 heterocycles. The van der Waals surface area contributed by atoms with E-state index in [2.05, 4.69) is 47.5 Å². The summed E-state index contributed by atoms with van der Waals surface area (Å²) in [4.78, 5) is 169. The molecule has 8 aromatic rings. The number of nitrogens with one attached hydrogen (secondary N) is 9. The van der Waals surface area contributed by atoms with Gasteiger partial charge in [0, 0.05) is 55.6 Å². The number of hydrogen-bond acceptors (Lipinski definition) is 15. The quantitative estimate of drug-likeness (QED) is 0.0219. The number of aromatic nitrogens is 1. The summed E-state index contributed by atoms with van der Waals surface area (Å²) in [7, 11) is 0. The smallest absolute Gasteiger partial charge is 0.341 e. The van der Waals surface area contributed by atoms with Crippen LogP contribution in [0.4, 0.5) is 0 Å². The number of benzene rings is 7. The molecule has 0 bridgehead atoms. The third-order valence-corrected chi connectivity index (χ3v) is 17.8. The van der Waals surface area contributed by atoms with Crippen LogP contribution in [0, 0.1) is 5.92 Å². The van der Waals surface area contributed by atoms with Crippen molar-refractivity contribution in [3.63, 3.8) is 0 Å². The summed E-state index contributed by atoms with van der Waals surface area (Å²) in [6.45, 7) is 5.08. The fourth-order valence-corrected chi connectivity index (χ4v) is 12.0. The predicted molar refractivity (Wildman–Crippen MR) is 402 cm³/mol. The van der Waals surface area contributed by atoms with Crippen LogP contribution in [0.15, 0.2) is 188 Å². The van der Waals surface area contributed by atoms with E-state index in [0.717, 1.165) is 22.3 Å². The van der Waals surface area contributed by atoms with Crippen molar-refractivity contribution in [2.24, 2.45) is 11.7 Å². The van der Waals surface area contributed by atoms with Gasteiger partial charge in [-0.1, -0.05) is 172 Å². The number of nitrogens with two attached hydrogens (primary N) is 1. The maximum absolute atomic E-state index is 15.3. The van der Waals surface area contributed by atoms with Crippen molar-refractivity contribution >= 4 is 81.9 Å². The Morgan fingerprint density at radius 2 is 0.769 bits per heavy atom. The number of carbonyl (C=O) groups is 12. The summed E-state index contributed by atoms with van der Waals surface area (Å²) >= 11 is 0. The Labute approximate surface area is 623 Å². The number of fused-ring (bicyclic) bond motifs is 1. The Morgan fingerprint density at radius 1 is 0.407 bits per heavy atom. The van der Waals surface area contributed by atoms with Gasteiger partial charge >= 0.3 is 17.9 Å². The number of rotatable bonds is 41. The number of carboxylic acids is 3. The number of carbonyl (C=O) groups excluding carboxylic acids is 9. The topological polar surface area (TPSA) is 422 Å². The van der Waals surface area contributed by atoms with Gasteiger partial charge in [0.05, 0.1) is 12.5 Å². The van der Waals surface area contributed by atoms with Crippen molar-refractivity contribution in [1.29, 1.82) is 0 Å².